The average Bonchev–Trinajstić information content (AvgIpc) is 3.18. The van der Waals surface area contributed by atoms with Gasteiger partial charge in [0.15, 0.2) is 11.5 Å². The van der Waals surface area contributed by atoms with Gasteiger partial charge in [-0.05, 0) is 56.2 Å². The lowest BCUT2D eigenvalue weighted by atomic mass is 10.2. The quantitative estimate of drug-likeness (QED) is 0.215. The molecule has 0 radical (unpaired) electrons. The predicted molar refractivity (Wildman–Crippen MR) is 140 cm³/mol. The third-order valence-corrected chi connectivity index (χ3v) is 5.46. The fraction of sp³-hybridized carbons (Fsp3) is 0.233. The van der Waals surface area contributed by atoms with Crippen LogP contribution in [0.5, 0.6) is 11.5 Å². The smallest absolute Gasteiger partial charge is 0.331 e. The molecular weight excluding hydrogens is 438 g/mol. The lowest BCUT2D eigenvalue weighted by molar-refractivity contribution is -0.148. The van der Waals surface area contributed by atoms with Crippen LogP contribution in [0.15, 0.2) is 84.9 Å². The molecule has 1 heterocycles. The van der Waals surface area contributed by atoms with Crippen LogP contribution >= 0.6 is 0 Å². The van der Waals surface area contributed by atoms with Gasteiger partial charge in [0, 0.05) is 23.7 Å². The zero-order valence-corrected chi connectivity index (χ0v) is 20.7. The van der Waals surface area contributed by atoms with Crippen molar-refractivity contribution in [1.29, 1.82) is 0 Å². The number of nitrogens with zero attached hydrogens (tertiary/aromatic N) is 1. The molecular formula is C30H31NO4. The van der Waals surface area contributed by atoms with Crippen LogP contribution in [0.3, 0.4) is 0 Å². The number of benzene rings is 3. The number of rotatable bonds is 8. The summed E-state index contributed by atoms with van der Waals surface area (Å²) in [6.07, 6.45) is 3.27. The van der Waals surface area contributed by atoms with Crippen LogP contribution in [0.4, 0.5) is 0 Å². The van der Waals surface area contributed by atoms with Crippen LogP contribution in [0, 0.1) is 0 Å². The molecule has 180 valence electrons. The molecule has 5 heteroatoms. The fourth-order valence-electron chi connectivity index (χ4n) is 3.92. The topological polar surface area (TPSA) is 49.7 Å². The molecule has 4 aromatic rings. The first-order chi connectivity index (χ1) is 16.8. The van der Waals surface area contributed by atoms with Crippen molar-refractivity contribution in [3.8, 4) is 11.5 Å². The van der Waals surface area contributed by atoms with E-state index in [1.54, 1.807) is 13.2 Å². The number of esters is 1. The molecule has 0 bridgehead atoms. The second-order valence-corrected chi connectivity index (χ2v) is 9.31. The Morgan fingerprint density at radius 1 is 0.914 bits per heavy atom. The number of hydrogen-bond donors (Lipinski definition) is 0. The number of aromatic nitrogens is 1. The Labute approximate surface area is 206 Å². The highest BCUT2D eigenvalue weighted by Crippen LogP contribution is 2.38. The molecule has 0 spiro atoms. The van der Waals surface area contributed by atoms with E-state index >= 15 is 0 Å². The first-order valence-electron chi connectivity index (χ1n) is 11.7. The van der Waals surface area contributed by atoms with Crippen LogP contribution in [0.1, 0.15) is 37.6 Å². The summed E-state index contributed by atoms with van der Waals surface area (Å²) in [5, 5.41) is 0.917. The second-order valence-electron chi connectivity index (χ2n) is 9.31. The molecule has 0 atom stereocenters. The van der Waals surface area contributed by atoms with Crippen molar-refractivity contribution in [2.75, 3.05) is 7.11 Å². The Morgan fingerprint density at radius 3 is 2.20 bits per heavy atom. The lowest BCUT2D eigenvalue weighted by Crippen LogP contribution is -2.22. The molecule has 0 saturated heterocycles. The molecule has 0 unspecified atom stereocenters. The average molecular weight is 470 g/mol. The highest BCUT2D eigenvalue weighted by atomic mass is 16.6. The zero-order valence-electron chi connectivity index (χ0n) is 20.7. The first kappa shape index (κ1) is 24.1. The minimum Gasteiger partial charge on any atom is -0.493 e. The third-order valence-electron chi connectivity index (χ3n) is 5.46. The van der Waals surface area contributed by atoms with Crippen LogP contribution in [0.25, 0.3) is 17.0 Å². The Kier molecular flexibility index (Phi) is 7.25. The van der Waals surface area contributed by atoms with Gasteiger partial charge < -0.3 is 18.8 Å². The van der Waals surface area contributed by atoms with E-state index in [4.69, 9.17) is 14.2 Å². The highest BCUT2D eigenvalue weighted by Gasteiger charge is 2.18. The number of methoxy groups -OCH3 is 1. The van der Waals surface area contributed by atoms with E-state index in [9.17, 15) is 4.79 Å². The maximum atomic E-state index is 12.4. The largest absolute Gasteiger partial charge is 0.493 e. The Hall–Kier alpha value is -3.99. The van der Waals surface area contributed by atoms with Gasteiger partial charge in [0.1, 0.15) is 12.2 Å². The monoisotopic (exact) mass is 469 g/mol. The van der Waals surface area contributed by atoms with Gasteiger partial charge >= 0.3 is 5.97 Å². The molecule has 0 fully saturated rings. The highest BCUT2D eigenvalue weighted by molar-refractivity contribution is 5.93. The number of ether oxygens (including phenoxy) is 3. The normalized spacial score (nSPS) is 11.7. The molecule has 0 aliphatic heterocycles. The van der Waals surface area contributed by atoms with Crippen LogP contribution < -0.4 is 9.47 Å². The minimum absolute atomic E-state index is 0.382. The summed E-state index contributed by atoms with van der Waals surface area (Å²) in [6.45, 7) is 6.63. The van der Waals surface area contributed by atoms with Gasteiger partial charge in [-0.15, -0.1) is 0 Å². The van der Waals surface area contributed by atoms with E-state index in [-0.39, 0.29) is 5.97 Å². The van der Waals surface area contributed by atoms with Crippen molar-refractivity contribution in [2.45, 2.75) is 39.5 Å². The molecule has 4 rings (SSSR count). The molecule has 0 saturated carbocycles. The van der Waals surface area contributed by atoms with Crippen molar-refractivity contribution in [3.63, 3.8) is 0 Å². The van der Waals surface area contributed by atoms with Crippen LogP contribution in [0.2, 0.25) is 0 Å². The molecule has 1 aromatic heterocycles. The van der Waals surface area contributed by atoms with Gasteiger partial charge in [-0.3, -0.25) is 0 Å². The van der Waals surface area contributed by atoms with E-state index in [1.165, 1.54) is 6.08 Å². The summed E-state index contributed by atoms with van der Waals surface area (Å²) in [4.78, 5) is 12.4. The lowest BCUT2D eigenvalue weighted by Gasteiger charge is -2.18. The molecule has 0 amide bonds. The van der Waals surface area contributed by atoms with Gasteiger partial charge in [-0.1, -0.05) is 60.7 Å². The molecule has 3 aromatic carbocycles. The molecule has 0 aliphatic carbocycles. The summed E-state index contributed by atoms with van der Waals surface area (Å²) in [5.41, 5.74) is 3.53. The van der Waals surface area contributed by atoms with Crippen molar-refractivity contribution < 1.29 is 19.0 Å². The van der Waals surface area contributed by atoms with Crippen molar-refractivity contribution in [1.82, 2.24) is 4.57 Å². The molecule has 0 N–H and O–H groups in total. The third kappa shape index (κ3) is 6.12. The van der Waals surface area contributed by atoms with Gasteiger partial charge in [-0.25, -0.2) is 4.79 Å². The Bertz CT molecular complexity index is 1320. The van der Waals surface area contributed by atoms with E-state index in [2.05, 4.69) is 16.7 Å². The fourth-order valence-corrected chi connectivity index (χ4v) is 3.92. The summed E-state index contributed by atoms with van der Waals surface area (Å²) in [6, 6.07) is 26.2. The Morgan fingerprint density at radius 2 is 1.57 bits per heavy atom. The van der Waals surface area contributed by atoms with E-state index in [1.807, 2.05) is 87.5 Å². The number of fused-ring (bicyclic) bond motifs is 1. The van der Waals surface area contributed by atoms with Crippen LogP contribution in [-0.2, 0) is 22.7 Å². The predicted octanol–water partition coefficient (Wildman–Crippen LogP) is 6.63. The second kappa shape index (κ2) is 10.5. The Balaban J connectivity index is 1.77. The zero-order chi connectivity index (χ0) is 24.8. The minimum atomic E-state index is -0.552. The standard InChI is InChI=1S/C30H31NO4/c1-30(2,3)35-28(32)18-15-24-19-25-26(31(24)20-22-11-7-5-8-12-22)16-17-27(33-4)29(25)34-21-23-13-9-6-10-14-23/h5-19H,20-21H2,1-4H3. The van der Waals surface area contributed by atoms with E-state index < -0.39 is 5.60 Å². The maximum absolute atomic E-state index is 12.4. The number of carbonyl (C=O) groups is 1. The maximum Gasteiger partial charge on any atom is 0.331 e. The van der Waals surface area contributed by atoms with Crippen LogP contribution in [-0.4, -0.2) is 23.2 Å². The van der Waals surface area contributed by atoms with Gasteiger partial charge in [-0.2, -0.15) is 0 Å². The van der Waals surface area contributed by atoms with Gasteiger partial charge in [0.25, 0.3) is 0 Å². The number of carbonyl (C=O) groups excluding carboxylic acids is 1. The molecule has 5 nitrogen and oxygen atoms in total. The SMILES string of the molecule is COc1ccc2c(cc(C=CC(=O)OC(C)(C)C)n2Cc2ccccc2)c1OCc1ccccc1. The van der Waals surface area contributed by atoms with Crippen molar-refractivity contribution in [3.05, 3.63) is 102 Å². The number of hydrogen-bond acceptors (Lipinski definition) is 4. The van der Waals surface area contributed by atoms with E-state index in [0.29, 0.717) is 24.7 Å². The van der Waals surface area contributed by atoms with Crippen molar-refractivity contribution in [2.24, 2.45) is 0 Å². The van der Waals surface area contributed by atoms with Gasteiger partial charge in [0.2, 0.25) is 0 Å². The summed E-state index contributed by atoms with van der Waals surface area (Å²) < 4.78 is 19.5. The van der Waals surface area contributed by atoms with Crippen molar-refractivity contribution >= 4 is 22.9 Å². The first-order valence-corrected chi connectivity index (χ1v) is 11.7. The summed E-state index contributed by atoms with van der Waals surface area (Å²) in [7, 11) is 1.64. The molecule has 0 aliphatic rings. The van der Waals surface area contributed by atoms with E-state index in [0.717, 1.165) is 27.7 Å². The molecule has 35 heavy (non-hydrogen) atoms. The summed E-state index contributed by atoms with van der Waals surface area (Å²) >= 11 is 0. The van der Waals surface area contributed by atoms with Gasteiger partial charge in [0.05, 0.1) is 12.6 Å². The summed E-state index contributed by atoms with van der Waals surface area (Å²) in [5.74, 6) is 0.952.